The normalized spacial score (nSPS) is 10.9. The van der Waals surface area contributed by atoms with E-state index in [0.29, 0.717) is 16.9 Å². The van der Waals surface area contributed by atoms with E-state index < -0.39 is 0 Å². The molecule has 3 rings (SSSR count). The van der Waals surface area contributed by atoms with E-state index >= 15 is 0 Å². The summed E-state index contributed by atoms with van der Waals surface area (Å²) in [7, 11) is 0. The molecule has 0 saturated carbocycles. The Labute approximate surface area is 131 Å². The fourth-order valence-corrected chi connectivity index (χ4v) is 2.42. The molecule has 0 saturated heterocycles. The minimum atomic E-state index is -0.244. The molecule has 0 fully saturated rings. The lowest BCUT2D eigenvalue weighted by Gasteiger charge is -1.98. The van der Waals surface area contributed by atoms with Gasteiger partial charge in [0.2, 0.25) is 5.78 Å². The van der Waals surface area contributed by atoms with Crippen LogP contribution in [0.25, 0.3) is 11.7 Å². The molecular formula is C17H10ClN3O. The number of nitrogens with zero attached hydrogens (tertiary/aromatic N) is 3. The van der Waals surface area contributed by atoms with Crippen LogP contribution in [-0.4, -0.2) is 15.2 Å². The highest BCUT2D eigenvalue weighted by molar-refractivity contribution is 6.33. The number of pyridine rings is 1. The first-order valence-corrected chi connectivity index (χ1v) is 6.92. The first-order chi connectivity index (χ1) is 10.7. The number of fused-ring (bicyclic) bond motifs is 1. The summed E-state index contributed by atoms with van der Waals surface area (Å²) in [6.45, 7) is 0. The molecule has 2 aromatic heterocycles. The number of allylic oxidation sites excluding steroid dienone is 1. The number of imidazole rings is 1. The monoisotopic (exact) mass is 307 g/mol. The van der Waals surface area contributed by atoms with Gasteiger partial charge in [0, 0.05) is 6.20 Å². The zero-order valence-corrected chi connectivity index (χ0v) is 12.2. The Morgan fingerprint density at radius 3 is 2.95 bits per heavy atom. The summed E-state index contributed by atoms with van der Waals surface area (Å²) in [5.74, 6) is -0.244. The maximum Gasteiger partial charge on any atom is 0.205 e. The summed E-state index contributed by atoms with van der Waals surface area (Å²) in [5, 5.41) is 9.05. The average molecular weight is 308 g/mol. The quantitative estimate of drug-likeness (QED) is 0.547. The SMILES string of the molecule is N#Cc1cccc(C=CC(=O)c2c(Cl)nc3ccccn23)c1. The van der Waals surface area contributed by atoms with Crippen LogP contribution < -0.4 is 0 Å². The third-order valence-electron chi connectivity index (χ3n) is 3.16. The van der Waals surface area contributed by atoms with Crippen LogP contribution in [0.2, 0.25) is 5.15 Å². The first-order valence-electron chi connectivity index (χ1n) is 6.54. The molecule has 4 nitrogen and oxygen atoms in total. The van der Waals surface area contributed by atoms with E-state index in [1.807, 2.05) is 18.2 Å². The van der Waals surface area contributed by atoms with E-state index in [-0.39, 0.29) is 10.9 Å². The Kier molecular flexibility index (Phi) is 3.73. The van der Waals surface area contributed by atoms with Crippen LogP contribution in [0, 0.1) is 11.3 Å². The molecule has 0 aliphatic carbocycles. The summed E-state index contributed by atoms with van der Waals surface area (Å²) in [6, 6.07) is 14.5. The Bertz CT molecular complexity index is 934. The summed E-state index contributed by atoms with van der Waals surface area (Å²) < 4.78 is 1.65. The first kappa shape index (κ1) is 14.1. The molecule has 3 aromatic rings. The fraction of sp³-hybridized carbons (Fsp3) is 0. The molecule has 0 unspecified atom stereocenters. The predicted octanol–water partition coefficient (Wildman–Crippen LogP) is 3.76. The molecule has 0 aliphatic heterocycles. The van der Waals surface area contributed by atoms with Gasteiger partial charge in [-0.2, -0.15) is 5.26 Å². The number of nitriles is 1. The second kappa shape index (κ2) is 5.84. The van der Waals surface area contributed by atoms with Crippen molar-refractivity contribution in [3.8, 4) is 6.07 Å². The second-order valence-corrected chi connectivity index (χ2v) is 4.97. The van der Waals surface area contributed by atoms with E-state index in [2.05, 4.69) is 11.1 Å². The molecule has 0 amide bonds. The number of ketones is 1. The van der Waals surface area contributed by atoms with Gasteiger partial charge in [0.25, 0.3) is 0 Å². The molecule has 0 aliphatic rings. The molecule has 0 spiro atoms. The zero-order valence-electron chi connectivity index (χ0n) is 11.4. The standard InChI is InChI=1S/C17H10ClN3O/c18-17-16(21-9-2-1-6-15(21)20-17)14(22)8-7-12-4-3-5-13(10-12)11-19/h1-10H. The van der Waals surface area contributed by atoms with Crippen LogP contribution in [0.1, 0.15) is 21.6 Å². The Morgan fingerprint density at radius 1 is 1.27 bits per heavy atom. The summed E-state index contributed by atoms with van der Waals surface area (Å²) in [4.78, 5) is 16.5. The van der Waals surface area contributed by atoms with Crippen LogP contribution in [0.3, 0.4) is 0 Å². The van der Waals surface area contributed by atoms with Gasteiger partial charge in [-0.1, -0.05) is 35.9 Å². The third-order valence-corrected chi connectivity index (χ3v) is 3.43. The minimum absolute atomic E-state index is 0.173. The Morgan fingerprint density at radius 2 is 2.14 bits per heavy atom. The summed E-state index contributed by atoms with van der Waals surface area (Å²) in [5.41, 5.74) is 2.26. The Balaban J connectivity index is 1.95. The lowest BCUT2D eigenvalue weighted by molar-refractivity contribution is 0.104. The molecule has 1 aromatic carbocycles. The van der Waals surface area contributed by atoms with Crippen molar-refractivity contribution in [2.75, 3.05) is 0 Å². The smallest absolute Gasteiger partial charge is 0.205 e. The third kappa shape index (κ3) is 2.62. The number of carbonyl (C=O) groups is 1. The van der Waals surface area contributed by atoms with Crippen LogP contribution in [0.5, 0.6) is 0 Å². The van der Waals surface area contributed by atoms with Crippen molar-refractivity contribution in [2.24, 2.45) is 0 Å². The molecule has 0 bridgehead atoms. The van der Waals surface area contributed by atoms with Crippen LogP contribution in [0.4, 0.5) is 0 Å². The number of hydrogen-bond donors (Lipinski definition) is 0. The largest absolute Gasteiger partial charge is 0.295 e. The van der Waals surface area contributed by atoms with E-state index in [1.165, 1.54) is 6.08 Å². The molecule has 106 valence electrons. The van der Waals surface area contributed by atoms with Crippen molar-refractivity contribution in [1.29, 1.82) is 5.26 Å². The second-order valence-electron chi connectivity index (χ2n) is 4.61. The molecule has 0 radical (unpaired) electrons. The van der Waals surface area contributed by atoms with E-state index in [0.717, 1.165) is 5.56 Å². The van der Waals surface area contributed by atoms with Crippen LogP contribution in [0.15, 0.2) is 54.7 Å². The number of hydrogen-bond acceptors (Lipinski definition) is 3. The summed E-state index contributed by atoms with van der Waals surface area (Å²) >= 11 is 6.06. The van der Waals surface area contributed by atoms with Gasteiger partial charge in [-0.15, -0.1) is 0 Å². The highest BCUT2D eigenvalue weighted by Gasteiger charge is 2.15. The summed E-state index contributed by atoms with van der Waals surface area (Å²) in [6.07, 6.45) is 4.83. The van der Waals surface area contributed by atoms with Gasteiger partial charge in [0.1, 0.15) is 11.3 Å². The van der Waals surface area contributed by atoms with Gasteiger partial charge in [-0.05, 0) is 35.9 Å². The van der Waals surface area contributed by atoms with Crippen molar-refractivity contribution in [3.05, 3.63) is 76.7 Å². The molecular weight excluding hydrogens is 298 g/mol. The van der Waals surface area contributed by atoms with Gasteiger partial charge in [-0.25, -0.2) is 4.98 Å². The number of rotatable bonds is 3. The van der Waals surface area contributed by atoms with Crippen molar-refractivity contribution < 1.29 is 4.79 Å². The lowest BCUT2D eigenvalue weighted by atomic mass is 10.1. The number of halogens is 1. The number of aromatic nitrogens is 2. The van der Waals surface area contributed by atoms with Crippen molar-refractivity contribution in [1.82, 2.24) is 9.38 Å². The van der Waals surface area contributed by atoms with Crippen LogP contribution >= 0.6 is 11.6 Å². The van der Waals surface area contributed by atoms with Gasteiger partial charge in [0.05, 0.1) is 11.6 Å². The van der Waals surface area contributed by atoms with E-state index in [1.54, 1.807) is 40.9 Å². The van der Waals surface area contributed by atoms with Crippen molar-refractivity contribution in [2.45, 2.75) is 0 Å². The van der Waals surface area contributed by atoms with Crippen LogP contribution in [-0.2, 0) is 0 Å². The minimum Gasteiger partial charge on any atom is -0.295 e. The van der Waals surface area contributed by atoms with Gasteiger partial charge in [0.15, 0.2) is 5.15 Å². The molecule has 0 N–H and O–H groups in total. The van der Waals surface area contributed by atoms with Crippen molar-refractivity contribution >= 4 is 29.1 Å². The fourth-order valence-electron chi connectivity index (χ4n) is 2.15. The highest BCUT2D eigenvalue weighted by atomic mass is 35.5. The van der Waals surface area contributed by atoms with Gasteiger partial charge < -0.3 is 0 Å². The maximum atomic E-state index is 12.4. The van der Waals surface area contributed by atoms with Gasteiger partial charge in [-0.3, -0.25) is 9.20 Å². The van der Waals surface area contributed by atoms with E-state index in [4.69, 9.17) is 16.9 Å². The zero-order chi connectivity index (χ0) is 15.5. The van der Waals surface area contributed by atoms with E-state index in [9.17, 15) is 4.79 Å². The molecule has 22 heavy (non-hydrogen) atoms. The Hall–Kier alpha value is -2.90. The maximum absolute atomic E-state index is 12.4. The molecule has 5 heteroatoms. The number of benzene rings is 1. The highest BCUT2D eigenvalue weighted by Crippen LogP contribution is 2.19. The molecule has 2 heterocycles. The number of carbonyl (C=O) groups excluding carboxylic acids is 1. The predicted molar refractivity (Wildman–Crippen MR) is 84.7 cm³/mol. The average Bonchev–Trinajstić information content (AvgIpc) is 2.88. The van der Waals surface area contributed by atoms with Crippen molar-refractivity contribution in [3.63, 3.8) is 0 Å². The topological polar surface area (TPSA) is 58.2 Å². The van der Waals surface area contributed by atoms with Gasteiger partial charge >= 0.3 is 0 Å². The molecule has 0 atom stereocenters. The lowest BCUT2D eigenvalue weighted by Crippen LogP contribution is -2.00.